The average Bonchev–Trinajstić information content (AvgIpc) is 2.97. The van der Waals surface area contributed by atoms with Gasteiger partial charge in [-0.2, -0.15) is 0 Å². The highest BCUT2D eigenvalue weighted by atomic mass is 16.5. The zero-order chi connectivity index (χ0) is 22.2. The van der Waals surface area contributed by atoms with Gasteiger partial charge in [-0.3, -0.25) is 9.59 Å². The highest BCUT2D eigenvalue weighted by Crippen LogP contribution is 2.28. The van der Waals surface area contributed by atoms with Crippen molar-refractivity contribution < 1.29 is 14.3 Å². The molecule has 0 saturated carbocycles. The fourth-order valence-electron chi connectivity index (χ4n) is 4.54. The summed E-state index contributed by atoms with van der Waals surface area (Å²) in [6.45, 7) is 4.12. The molecular weight excluding hydrogens is 402 g/mol. The molecule has 1 fully saturated rings. The van der Waals surface area contributed by atoms with Gasteiger partial charge in [0.25, 0.3) is 0 Å². The molecule has 170 valence electrons. The molecule has 1 unspecified atom stereocenters. The number of anilines is 1. The van der Waals surface area contributed by atoms with Gasteiger partial charge < -0.3 is 20.3 Å². The number of likely N-dealkylation sites (tertiary alicyclic amines) is 1. The van der Waals surface area contributed by atoms with Gasteiger partial charge in [-0.25, -0.2) is 0 Å². The van der Waals surface area contributed by atoms with Crippen LogP contribution in [-0.2, 0) is 16.0 Å². The van der Waals surface area contributed by atoms with E-state index in [2.05, 4.69) is 45.9 Å². The summed E-state index contributed by atoms with van der Waals surface area (Å²) in [7, 11) is 0. The summed E-state index contributed by atoms with van der Waals surface area (Å²) in [6, 6.07) is 18.1. The summed E-state index contributed by atoms with van der Waals surface area (Å²) in [5, 5.41) is 5.83. The van der Waals surface area contributed by atoms with E-state index in [1.807, 2.05) is 18.2 Å². The molecule has 2 aromatic rings. The fourth-order valence-corrected chi connectivity index (χ4v) is 4.54. The van der Waals surface area contributed by atoms with Crippen molar-refractivity contribution in [2.24, 2.45) is 11.8 Å². The minimum Gasteiger partial charge on any atom is -0.491 e. The highest BCUT2D eigenvalue weighted by Gasteiger charge is 2.27. The van der Waals surface area contributed by atoms with Crippen LogP contribution < -0.4 is 15.4 Å². The molecule has 0 bridgehead atoms. The predicted molar refractivity (Wildman–Crippen MR) is 126 cm³/mol. The van der Waals surface area contributed by atoms with Gasteiger partial charge in [0, 0.05) is 13.0 Å². The summed E-state index contributed by atoms with van der Waals surface area (Å²) in [5.74, 6) is 0.680. The van der Waals surface area contributed by atoms with E-state index in [4.69, 9.17) is 4.74 Å². The maximum Gasteiger partial charge on any atom is 0.231 e. The molecule has 32 heavy (non-hydrogen) atoms. The molecule has 0 aromatic heterocycles. The monoisotopic (exact) mass is 435 g/mol. The third-order valence-electron chi connectivity index (χ3n) is 6.44. The van der Waals surface area contributed by atoms with Crippen LogP contribution in [0.4, 0.5) is 5.69 Å². The first kappa shape index (κ1) is 22.3. The number of fused-ring (bicyclic) bond motifs is 1. The number of carbonyl (C=O) groups is 2. The molecular formula is C26H33N3O3. The second-order valence-electron chi connectivity index (χ2n) is 8.88. The lowest BCUT2D eigenvalue weighted by Crippen LogP contribution is -2.37. The van der Waals surface area contributed by atoms with E-state index in [-0.39, 0.29) is 24.8 Å². The number of nitrogens with zero attached hydrogens (tertiary/aromatic N) is 1. The van der Waals surface area contributed by atoms with E-state index in [1.54, 1.807) is 6.07 Å². The quantitative estimate of drug-likeness (QED) is 0.623. The van der Waals surface area contributed by atoms with Gasteiger partial charge in [-0.15, -0.1) is 0 Å². The van der Waals surface area contributed by atoms with Crippen LogP contribution in [0.3, 0.4) is 0 Å². The Balaban J connectivity index is 1.10. The summed E-state index contributed by atoms with van der Waals surface area (Å²) in [4.78, 5) is 27.3. The van der Waals surface area contributed by atoms with Crippen molar-refractivity contribution in [1.82, 2.24) is 10.2 Å². The Morgan fingerprint density at radius 1 is 1.06 bits per heavy atom. The van der Waals surface area contributed by atoms with Gasteiger partial charge in [0.2, 0.25) is 11.8 Å². The van der Waals surface area contributed by atoms with E-state index >= 15 is 0 Å². The molecule has 4 rings (SSSR count). The number of nitrogens with one attached hydrogen (secondary N) is 2. The second kappa shape index (κ2) is 11.1. The van der Waals surface area contributed by atoms with Crippen LogP contribution in [0.15, 0.2) is 54.6 Å². The number of rotatable bonds is 8. The van der Waals surface area contributed by atoms with Crippen molar-refractivity contribution in [3.05, 3.63) is 60.2 Å². The van der Waals surface area contributed by atoms with Crippen molar-refractivity contribution in [1.29, 1.82) is 0 Å². The van der Waals surface area contributed by atoms with E-state index in [0.717, 1.165) is 32.0 Å². The molecule has 0 spiro atoms. The van der Waals surface area contributed by atoms with Gasteiger partial charge >= 0.3 is 0 Å². The van der Waals surface area contributed by atoms with Gasteiger partial charge in [-0.05, 0) is 68.9 Å². The smallest absolute Gasteiger partial charge is 0.231 e. The zero-order valence-electron chi connectivity index (χ0n) is 18.6. The number of carbonyl (C=O) groups excluding carboxylic acids is 2. The minimum absolute atomic E-state index is 0.0960. The van der Waals surface area contributed by atoms with Crippen molar-refractivity contribution in [3.8, 4) is 5.75 Å². The number of piperidine rings is 1. The Bertz CT molecular complexity index is 894. The molecule has 6 heteroatoms. The highest BCUT2D eigenvalue weighted by molar-refractivity contribution is 5.97. The number of amides is 2. The molecule has 6 nitrogen and oxygen atoms in total. The average molecular weight is 436 g/mol. The number of para-hydroxylation sites is 2. The lowest BCUT2D eigenvalue weighted by Gasteiger charge is -2.32. The van der Waals surface area contributed by atoms with Crippen LogP contribution in [-0.4, -0.2) is 49.5 Å². The Kier molecular flexibility index (Phi) is 7.77. The third kappa shape index (κ3) is 6.33. The molecule has 2 aromatic carbocycles. The number of hydrogen-bond acceptors (Lipinski definition) is 4. The van der Waals surface area contributed by atoms with Crippen LogP contribution in [0.1, 0.15) is 31.2 Å². The molecule has 2 amide bonds. The number of hydrogen-bond donors (Lipinski definition) is 2. The normalized spacial score (nSPS) is 19.4. The number of benzene rings is 2. The van der Waals surface area contributed by atoms with Crippen molar-refractivity contribution in [2.45, 2.75) is 32.1 Å². The van der Waals surface area contributed by atoms with E-state index < -0.39 is 5.92 Å². The van der Waals surface area contributed by atoms with Crippen molar-refractivity contribution in [3.63, 3.8) is 0 Å². The van der Waals surface area contributed by atoms with Crippen LogP contribution in [0, 0.1) is 11.8 Å². The Morgan fingerprint density at radius 3 is 2.62 bits per heavy atom. The van der Waals surface area contributed by atoms with Crippen LogP contribution in [0.2, 0.25) is 0 Å². The van der Waals surface area contributed by atoms with E-state index in [9.17, 15) is 9.59 Å². The topological polar surface area (TPSA) is 70.7 Å². The lowest BCUT2D eigenvalue weighted by molar-refractivity contribution is -0.128. The first-order valence-corrected chi connectivity index (χ1v) is 11.7. The van der Waals surface area contributed by atoms with E-state index in [0.29, 0.717) is 18.0 Å². The standard InChI is InChI=1S/C26H33N3O3/c30-25(18-22-19-32-24-10-5-4-9-23(24)28-26(22)31)27-13-6-14-29-15-11-21(12-16-29)17-20-7-2-1-3-8-20/h1-5,7-10,21-22H,6,11-19H2,(H,27,30)(H,28,31). The summed E-state index contributed by atoms with van der Waals surface area (Å²) >= 11 is 0. The summed E-state index contributed by atoms with van der Waals surface area (Å²) < 4.78 is 5.71. The molecule has 2 aliphatic heterocycles. The second-order valence-corrected chi connectivity index (χ2v) is 8.88. The van der Waals surface area contributed by atoms with Crippen LogP contribution in [0.5, 0.6) is 5.75 Å². The van der Waals surface area contributed by atoms with Gasteiger partial charge in [0.1, 0.15) is 12.4 Å². The van der Waals surface area contributed by atoms with Gasteiger partial charge in [0.15, 0.2) is 0 Å². The Labute approximate surface area is 190 Å². The van der Waals surface area contributed by atoms with Gasteiger partial charge in [-0.1, -0.05) is 42.5 Å². The molecule has 1 atom stereocenters. The van der Waals surface area contributed by atoms with Crippen molar-refractivity contribution >= 4 is 17.5 Å². The predicted octanol–water partition coefficient (Wildman–Crippen LogP) is 3.48. The summed E-state index contributed by atoms with van der Waals surface area (Å²) in [5.41, 5.74) is 2.10. The van der Waals surface area contributed by atoms with E-state index in [1.165, 1.54) is 24.8 Å². The maximum absolute atomic E-state index is 12.4. The fraction of sp³-hybridized carbons (Fsp3) is 0.462. The minimum atomic E-state index is -0.481. The third-order valence-corrected chi connectivity index (χ3v) is 6.44. The number of ether oxygens (including phenoxy) is 1. The molecule has 2 aliphatic rings. The zero-order valence-corrected chi connectivity index (χ0v) is 18.6. The Morgan fingerprint density at radius 2 is 1.81 bits per heavy atom. The molecule has 0 radical (unpaired) electrons. The molecule has 0 aliphatic carbocycles. The maximum atomic E-state index is 12.4. The molecule has 1 saturated heterocycles. The van der Waals surface area contributed by atoms with Crippen LogP contribution in [0.25, 0.3) is 0 Å². The van der Waals surface area contributed by atoms with Gasteiger partial charge in [0.05, 0.1) is 11.6 Å². The largest absolute Gasteiger partial charge is 0.491 e. The lowest BCUT2D eigenvalue weighted by atomic mass is 9.90. The van der Waals surface area contributed by atoms with Crippen molar-refractivity contribution in [2.75, 3.05) is 38.1 Å². The first-order valence-electron chi connectivity index (χ1n) is 11.7. The first-order chi connectivity index (χ1) is 15.7. The SMILES string of the molecule is O=C(CC1COc2ccccc2NC1=O)NCCCN1CCC(Cc2ccccc2)CC1. The molecule has 2 N–H and O–H groups in total. The summed E-state index contributed by atoms with van der Waals surface area (Å²) in [6.07, 6.45) is 4.72. The Hall–Kier alpha value is -2.86. The molecule has 2 heterocycles. The van der Waals surface area contributed by atoms with Crippen LogP contribution >= 0.6 is 0 Å².